The second-order valence-electron chi connectivity index (χ2n) is 6.35. The number of aryl methyl sites for hydroxylation is 1. The first kappa shape index (κ1) is 16.4. The van der Waals surface area contributed by atoms with E-state index in [1.54, 1.807) is 0 Å². The van der Waals surface area contributed by atoms with Crippen LogP contribution in [0.1, 0.15) is 27.2 Å². The van der Waals surface area contributed by atoms with Crippen molar-refractivity contribution in [2.75, 3.05) is 18.5 Å². The Morgan fingerprint density at radius 1 is 1.48 bits per heavy atom. The van der Waals surface area contributed by atoms with Gasteiger partial charge in [0.25, 0.3) is 5.91 Å². The van der Waals surface area contributed by atoms with Gasteiger partial charge in [-0.3, -0.25) is 4.79 Å². The molecule has 4 N–H and O–H groups in total. The predicted octanol–water partition coefficient (Wildman–Crippen LogP) is 2.03. The van der Waals surface area contributed by atoms with Gasteiger partial charge in [-0.25, -0.2) is 9.37 Å². The molecule has 0 bridgehead atoms. The second-order valence-corrected chi connectivity index (χ2v) is 7.64. The average Bonchev–Trinajstić information content (AvgIpc) is 3.19. The van der Waals surface area contributed by atoms with E-state index in [1.807, 2.05) is 19.1 Å². The maximum absolute atomic E-state index is 14.9. The third-order valence-electron chi connectivity index (χ3n) is 4.58. The van der Waals surface area contributed by atoms with Crippen LogP contribution in [0.4, 0.5) is 10.2 Å². The highest BCUT2D eigenvalue weighted by atomic mass is 32.1. The minimum absolute atomic E-state index is 0.114. The SMILES string of the molecule is Cc1ccc(-c2nc(NC3CCOC[C@@H]3N)c(F)c3c2C(=O)NC3)s1. The van der Waals surface area contributed by atoms with Crippen molar-refractivity contribution in [3.05, 3.63) is 34.0 Å². The van der Waals surface area contributed by atoms with Crippen LogP contribution in [0.15, 0.2) is 12.1 Å². The van der Waals surface area contributed by atoms with E-state index in [0.717, 1.165) is 9.75 Å². The topological polar surface area (TPSA) is 89.3 Å². The molecule has 2 aliphatic rings. The number of hydrogen-bond donors (Lipinski definition) is 3. The number of nitrogens with one attached hydrogen (secondary N) is 2. The number of carbonyl (C=O) groups excluding carboxylic acids is 1. The van der Waals surface area contributed by atoms with Crippen molar-refractivity contribution in [1.29, 1.82) is 0 Å². The number of amides is 1. The van der Waals surface area contributed by atoms with Gasteiger partial charge in [0.2, 0.25) is 0 Å². The molecule has 0 saturated carbocycles. The number of pyridine rings is 1. The minimum Gasteiger partial charge on any atom is -0.380 e. The van der Waals surface area contributed by atoms with E-state index in [0.29, 0.717) is 36.5 Å². The van der Waals surface area contributed by atoms with Crippen LogP contribution in [0, 0.1) is 12.7 Å². The second kappa shape index (κ2) is 6.36. The number of rotatable bonds is 3. The molecule has 0 radical (unpaired) electrons. The van der Waals surface area contributed by atoms with Crippen LogP contribution in [0.3, 0.4) is 0 Å². The highest BCUT2D eigenvalue weighted by Gasteiger charge is 2.32. The molecule has 6 nitrogen and oxygen atoms in total. The molecule has 0 spiro atoms. The smallest absolute Gasteiger partial charge is 0.254 e. The van der Waals surface area contributed by atoms with Crippen LogP contribution in [-0.4, -0.2) is 36.2 Å². The molecule has 1 fully saturated rings. The Bertz CT molecular complexity index is 838. The lowest BCUT2D eigenvalue weighted by molar-refractivity contribution is 0.0751. The zero-order valence-electron chi connectivity index (χ0n) is 13.8. The Morgan fingerprint density at radius 3 is 3.04 bits per heavy atom. The molecule has 4 heterocycles. The van der Waals surface area contributed by atoms with Gasteiger partial charge in [-0.15, -0.1) is 11.3 Å². The molecule has 8 heteroatoms. The minimum atomic E-state index is -0.482. The number of anilines is 1. The molecule has 2 aromatic heterocycles. The third kappa shape index (κ3) is 2.90. The summed E-state index contributed by atoms with van der Waals surface area (Å²) in [5, 5.41) is 5.83. The first-order valence-electron chi connectivity index (χ1n) is 8.22. The number of hydrogen-bond acceptors (Lipinski definition) is 6. The van der Waals surface area contributed by atoms with E-state index in [2.05, 4.69) is 15.6 Å². The fourth-order valence-electron chi connectivity index (χ4n) is 3.23. The van der Waals surface area contributed by atoms with Gasteiger partial charge in [-0.1, -0.05) is 0 Å². The summed E-state index contributed by atoms with van der Waals surface area (Å²) in [4.78, 5) is 18.6. The lowest BCUT2D eigenvalue weighted by atomic mass is 10.0. The average molecular weight is 362 g/mol. The zero-order valence-corrected chi connectivity index (χ0v) is 14.6. The van der Waals surface area contributed by atoms with E-state index < -0.39 is 5.82 Å². The number of aromatic nitrogens is 1. The van der Waals surface area contributed by atoms with Gasteiger partial charge in [-0.05, 0) is 25.5 Å². The Kier molecular flexibility index (Phi) is 4.18. The molecule has 4 rings (SSSR count). The van der Waals surface area contributed by atoms with E-state index in [1.165, 1.54) is 11.3 Å². The number of nitrogens with zero attached hydrogens (tertiary/aromatic N) is 1. The summed E-state index contributed by atoms with van der Waals surface area (Å²) in [6.07, 6.45) is 0.685. The van der Waals surface area contributed by atoms with Crippen molar-refractivity contribution in [1.82, 2.24) is 10.3 Å². The summed E-state index contributed by atoms with van der Waals surface area (Å²) in [6, 6.07) is 3.54. The molecule has 1 amide bonds. The van der Waals surface area contributed by atoms with Crippen molar-refractivity contribution < 1.29 is 13.9 Å². The van der Waals surface area contributed by atoms with Gasteiger partial charge in [0, 0.05) is 35.7 Å². The van der Waals surface area contributed by atoms with Crippen LogP contribution < -0.4 is 16.4 Å². The lowest BCUT2D eigenvalue weighted by Crippen LogP contribution is -2.48. The first-order chi connectivity index (χ1) is 12.0. The monoisotopic (exact) mass is 362 g/mol. The molecule has 2 atom stereocenters. The highest BCUT2D eigenvalue weighted by Crippen LogP contribution is 2.36. The standard InChI is InChI=1S/C17H19FN4O2S/c1-8-2-3-12(25-8)15-13-9(6-20-17(13)23)14(18)16(22-15)21-11-4-5-24-7-10(11)19/h2-3,10-11H,4-7,19H2,1H3,(H,20,23)(H,21,22)/t10-,11?/m0/s1. The molecule has 2 aliphatic heterocycles. The van der Waals surface area contributed by atoms with Gasteiger partial charge < -0.3 is 21.1 Å². The van der Waals surface area contributed by atoms with Crippen LogP contribution in [-0.2, 0) is 11.3 Å². The number of fused-ring (bicyclic) bond motifs is 1. The predicted molar refractivity (Wildman–Crippen MR) is 94.2 cm³/mol. The van der Waals surface area contributed by atoms with Gasteiger partial charge in [0.1, 0.15) is 0 Å². The van der Waals surface area contributed by atoms with Gasteiger partial charge in [-0.2, -0.15) is 0 Å². The third-order valence-corrected chi connectivity index (χ3v) is 5.59. The van der Waals surface area contributed by atoms with Crippen molar-refractivity contribution in [3.8, 4) is 10.6 Å². The number of ether oxygens (including phenoxy) is 1. The fraction of sp³-hybridized carbons (Fsp3) is 0.412. The van der Waals surface area contributed by atoms with Crippen LogP contribution in [0.2, 0.25) is 0 Å². The van der Waals surface area contributed by atoms with E-state index in [9.17, 15) is 9.18 Å². The van der Waals surface area contributed by atoms with Crippen molar-refractivity contribution in [2.24, 2.45) is 5.73 Å². The van der Waals surface area contributed by atoms with E-state index in [4.69, 9.17) is 10.5 Å². The molecule has 132 valence electrons. The Labute approximate surface area is 148 Å². The van der Waals surface area contributed by atoms with Gasteiger partial charge >= 0.3 is 0 Å². The fourth-order valence-corrected chi connectivity index (χ4v) is 4.09. The summed E-state index contributed by atoms with van der Waals surface area (Å²) in [5.41, 5.74) is 7.28. The normalized spacial score (nSPS) is 22.6. The Hall–Kier alpha value is -2.03. The van der Waals surface area contributed by atoms with Crippen LogP contribution in [0.5, 0.6) is 0 Å². The van der Waals surface area contributed by atoms with Crippen molar-refractivity contribution in [3.63, 3.8) is 0 Å². The molecule has 2 aromatic rings. The summed E-state index contributed by atoms with van der Waals surface area (Å²) in [5.74, 6) is -0.612. The van der Waals surface area contributed by atoms with E-state index in [-0.39, 0.29) is 30.4 Å². The maximum atomic E-state index is 14.9. The highest BCUT2D eigenvalue weighted by molar-refractivity contribution is 7.15. The molecule has 0 aliphatic carbocycles. The van der Waals surface area contributed by atoms with E-state index >= 15 is 0 Å². The summed E-state index contributed by atoms with van der Waals surface area (Å²) < 4.78 is 20.3. The number of halogens is 1. The quantitative estimate of drug-likeness (QED) is 0.777. The molecular formula is C17H19FN4O2S. The Balaban J connectivity index is 1.79. The lowest BCUT2D eigenvalue weighted by Gasteiger charge is -2.30. The van der Waals surface area contributed by atoms with Crippen molar-refractivity contribution in [2.45, 2.75) is 32.0 Å². The number of thiophene rings is 1. The summed E-state index contributed by atoms with van der Waals surface area (Å²) in [7, 11) is 0. The molecule has 1 unspecified atom stereocenters. The number of carbonyl (C=O) groups is 1. The van der Waals surface area contributed by atoms with Gasteiger partial charge in [0.15, 0.2) is 11.6 Å². The zero-order chi connectivity index (χ0) is 17.6. The van der Waals surface area contributed by atoms with Gasteiger partial charge in [0.05, 0.1) is 22.7 Å². The molecule has 0 aromatic carbocycles. The first-order valence-corrected chi connectivity index (χ1v) is 9.03. The Morgan fingerprint density at radius 2 is 2.32 bits per heavy atom. The van der Waals surface area contributed by atoms with Crippen LogP contribution in [0.25, 0.3) is 10.6 Å². The summed E-state index contributed by atoms with van der Waals surface area (Å²) in [6.45, 7) is 3.17. The number of nitrogens with two attached hydrogens (primary N) is 1. The molecule has 1 saturated heterocycles. The largest absolute Gasteiger partial charge is 0.380 e. The summed E-state index contributed by atoms with van der Waals surface area (Å²) >= 11 is 1.53. The maximum Gasteiger partial charge on any atom is 0.254 e. The molecular weight excluding hydrogens is 343 g/mol. The van der Waals surface area contributed by atoms with Crippen LogP contribution >= 0.6 is 11.3 Å². The molecule has 25 heavy (non-hydrogen) atoms. The van der Waals surface area contributed by atoms with Crippen molar-refractivity contribution >= 4 is 23.1 Å².